The van der Waals surface area contributed by atoms with Crippen molar-refractivity contribution in [1.82, 2.24) is 0 Å². The fourth-order valence-corrected chi connectivity index (χ4v) is 1.65. The predicted octanol–water partition coefficient (Wildman–Crippen LogP) is 3.03. The number of halogens is 1. The van der Waals surface area contributed by atoms with Crippen LogP contribution in [0.1, 0.15) is 23.2 Å². The van der Waals surface area contributed by atoms with E-state index in [0.29, 0.717) is 17.9 Å². The molecule has 0 amide bonds. The Balaban J connectivity index is 2.60. The summed E-state index contributed by atoms with van der Waals surface area (Å²) < 4.78 is 10.2. The number of esters is 1. The van der Waals surface area contributed by atoms with E-state index in [-0.39, 0.29) is 5.97 Å². The molecule has 0 saturated heterocycles. The van der Waals surface area contributed by atoms with Crippen LogP contribution in [0.3, 0.4) is 0 Å². The van der Waals surface area contributed by atoms with Crippen LogP contribution in [-0.4, -0.2) is 25.0 Å². The summed E-state index contributed by atoms with van der Waals surface area (Å²) in [6.07, 6.45) is 2.02. The molecule has 1 rings (SSSR count). The Morgan fingerprint density at radius 2 is 2.06 bits per heavy atom. The van der Waals surface area contributed by atoms with Gasteiger partial charge in [0.2, 0.25) is 0 Å². The molecule has 0 aliphatic carbocycles. The lowest BCUT2D eigenvalue weighted by molar-refractivity contribution is 0.0596. The number of unbranched alkanes of at least 4 members (excludes halogenated alkanes) is 1. The molecule has 88 valence electrons. The quantitative estimate of drug-likeness (QED) is 0.458. The van der Waals surface area contributed by atoms with Gasteiger partial charge in [-0.3, -0.25) is 0 Å². The normalized spacial score (nSPS) is 9.88. The molecule has 0 spiro atoms. The molecule has 16 heavy (non-hydrogen) atoms. The highest BCUT2D eigenvalue weighted by Gasteiger charge is 2.11. The highest BCUT2D eigenvalue weighted by Crippen LogP contribution is 2.19. The maximum atomic E-state index is 11.4. The molecule has 0 aliphatic heterocycles. The predicted molar refractivity (Wildman–Crippen MR) is 66.3 cm³/mol. The van der Waals surface area contributed by atoms with Crippen molar-refractivity contribution in [3.8, 4) is 5.75 Å². The van der Waals surface area contributed by atoms with Crippen molar-refractivity contribution in [2.75, 3.05) is 19.0 Å². The Kier molecular flexibility index (Phi) is 5.93. The van der Waals surface area contributed by atoms with Gasteiger partial charge in [0.05, 0.1) is 13.7 Å². The lowest BCUT2D eigenvalue weighted by Gasteiger charge is -2.09. The molecule has 0 aromatic heterocycles. The molecule has 0 unspecified atom stereocenters. The number of hydrogen-bond donors (Lipinski definition) is 0. The van der Waals surface area contributed by atoms with Crippen LogP contribution in [0.2, 0.25) is 0 Å². The van der Waals surface area contributed by atoms with Crippen LogP contribution in [0.5, 0.6) is 5.75 Å². The van der Waals surface area contributed by atoms with E-state index in [1.54, 1.807) is 18.2 Å². The lowest BCUT2D eigenvalue weighted by Crippen LogP contribution is -2.06. The second-order valence-electron chi connectivity index (χ2n) is 3.23. The zero-order valence-electron chi connectivity index (χ0n) is 9.24. The van der Waals surface area contributed by atoms with Crippen molar-refractivity contribution in [2.24, 2.45) is 0 Å². The van der Waals surface area contributed by atoms with Crippen LogP contribution in [0.4, 0.5) is 0 Å². The molecule has 0 radical (unpaired) electrons. The highest BCUT2D eigenvalue weighted by atomic mass is 79.9. The average molecular weight is 287 g/mol. The van der Waals surface area contributed by atoms with Crippen molar-refractivity contribution in [3.63, 3.8) is 0 Å². The van der Waals surface area contributed by atoms with Crippen molar-refractivity contribution in [1.29, 1.82) is 0 Å². The number of para-hydroxylation sites is 1. The van der Waals surface area contributed by atoms with E-state index in [4.69, 9.17) is 4.74 Å². The van der Waals surface area contributed by atoms with Crippen LogP contribution in [-0.2, 0) is 4.74 Å². The van der Waals surface area contributed by atoms with Crippen molar-refractivity contribution >= 4 is 21.9 Å². The fraction of sp³-hybridized carbons (Fsp3) is 0.417. The van der Waals surface area contributed by atoms with Crippen molar-refractivity contribution < 1.29 is 14.3 Å². The maximum absolute atomic E-state index is 11.4. The van der Waals surface area contributed by atoms with E-state index >= 15 is 0 Å². The molecule has 0 aliphatic rings. The summed E-state index contributed by atoms with van der Waals surface area (Å²) in [5, 5.41) is 0.967. The van der Waals surface area contributed by atoms with Gasteiger partial charge in [0.25, 0.3) is 0 Å². The van der Waals surface area contributed by atoms with E-state index in [0.717, 1.165) is 18.2 Å². The molecule has 0 fully saturated rings. The van der Waals surface area contributed by atoms with Crippen molar-refractivity contribution in [3.05, 3.63) is 29.8 Å². The van der Waals surface area contributed by atoms with Gasteiger partial charge in [-0.2, -0.15) is 0 Å². The molecule has 1 aromatic carbocycles. The summed E-state index contributed by atoms with van der Waals surface area (Å²) in [4.78, 5) is 11.4. The smallest absolute Gasteiger partial charge is 0.341 e. The standard InChI is InChI=1S/C12H15BrO3/c1-15-12(14)10-6-2-3-7-11(10)16-9-5-4-8-13/h2-3,6-7H,4-5,8-9H2,1H3. The minimum absolute atomic E-state index is 0.365. The first-order valence-corrected chi connectivity index (χ1v) is 6.28. The number of methoxy groups -OCH3 is 1. The SMILES string of the molecule is COC(=O)c1ccccc1OCCCCBr. The van der Waals surface area contributed by atoms with Crippen LogP contribution in [0.25, 0.3) is 0 Å². The molecule has 0 saturated carbocycles. The molecule has 0 atom stereocenters. The Hall–Kier alpha value is -1.03. The van der Waals surface area contributed by atoms with Crippen LogP contribution < -0.4 is 4.74 Å². The van der Waals surface area contributed by atoms with Crippen LogP contribution in [0.15, 0.2) is 24.3 Å². The van der Waals surface area contributed by atoms with Crippen LogP contribution in [0, 0.1) is 0 Å². The Morgan fingerprint density at radius 3 is 2.75 bits per heavy atom. The van der Waals surface area contributed by atoms with Gasteiger partial charge in [-0.25, -0.2) is 4.79 Å². The van der Waals surface area contributed by atoms with Gasteiger partial charge in [-0.1, -0.05) is 28.1 Å². The highest BCUT2D eigenvalue weighted by molar-refractivity contribution is 9.09. The van der Waals surface area contributed by atoms with Crippen LogP contribution >= 0.6 is 15.9 Å². The third-order valence-electron chi connectivity index (χ3n) is 2.08. The summed E-state index contributed by atoms with van der Waals surface area (Å²) in [5.41, 5.74) is 0.476. The number of ether oxygens (including phenoxy) is 2. The van der Waals surface area contributed by atoms with E-state index in [9.17, 15) is 4.79 Å². The molecular weight excluding hydrogens is 272 g/mol. The number of carbonyl (C=O) groups excluding carboxylic acids is 1. The number of carbonyl (C=O) groups is 1. The third-order valence-corrected chi connectivity index (χ3v) is 2.64. The monoisotopic (exact) mass is 286 g/mol. The fourth-order valence-electron chi connectivity index (χ4n) is 1.25. The number of hydrogen-bond acceptors (Lipinski definition) is 3. The average Bonchev–Trinajstić information content (AvgIpc) is 2.34. The van der Waals surface area contributed by atoms with E-state index < -0.39 is 0 Å². The zero-order valence-corrected chi connectivity index (χ0v) is 10.8. The molecule has 1 aromatic rings. The topological polar surface area (TPSA) is 35.5 Å². The summed E-state index contributed by atoms with van der Waals surface area (Å²) in [5.74, 6) is 0.222. The second-order valence-corrected chi connectivity index (χ2v) is 4.03. The number of benzene rings is 1. The summed E-state index contributed by atoms with van der Waals surface area (Å²) in [6.45, 7) is 0.611. The largest absolute Gasteiger partial charge is 0.493 e. The first-order valence-electron chi connectivity index (χ1n) is 5.15. The minimum Gasteiger partial charge on any atom is -0.493 e. The Bertz CT molecular complexity index is 339. The van der Waals surface area contributed by atoms with Gasteiger partial charge in [-0.05, 0) is 25.0 Å². The molecular formula is C12H15BrO3. The van der Waals surface area contributed by atoms with Gasteiger partial charge < -0.3 is 9.47 Å². The first-order chi connectivity index (χ1) is 7.79. The molecule has 3 nitrogen and oxygen atoms in total. The van der Waals surface area contributed by atoms with Crippen molar-refractivity contribution in [2.45, 2.75) is 12.8 Å². The molecule has 0 heterocycles. The van der Waals surface area contributed by atoms with Gasteiger partial charge >= 0.3 is 5.97 Å². The van der Waals surface area contributed by atoms with Gasteiger partial charge in [0, 0.05) is 5.33 Å². The van der Waals surface area contributed by atoms with E-state index in [2.05, 4.69) is 20.7 Å². The number of rotatable bonds is 6. The molecule has 4 heteroatoms. The maximum Gasteiger partial charge on any atom is 0.341 e. The molecule has 0 N–H and O–H groups in total. The van der Waals surface area contributed by atoms with E-state index in [1.807, 2.05) is 6.07 Å². The van der Waals surface area contributed by atoms with E-state index in [1.165, 1.54) is 7.11 Å². The third kappa shape index (κ3) is 3.85. The van der Waals surface area contributed by atoms with Gasteiger partial charge in [-0.15, -0.1) is 0 Å². The minimum atomic E-state index is -0.365. The molecule has 0 bridgehead atoms. The zero-order chi connectivity index (χ0) is 11.8. The Morgan fingerprint density at radius 1 is 1.31 bits per heavy atom. The van der Waals surface area contributed by atoms with Gasteiger partial charge in [0.15, 0.2) is 0 Å². The number of alkyl halides is 1. The first kappa shape index (κ1) is 13.0. The summed E-state index contributed by atoms with van der Waals surface area (Å²) >= 11 is 3.36. The summed E-state index contributed by atoms with van der Waals surface area (Å²) in [7, 11) is 1.37. The summed E-state index contributed by atoms with van der Waals surface area (Å²) in [6, 6.07) is 7.11. The lowest BCUT2D eigenvalue weighted by atomic mass is 10.2. The Labute approximate surface area is 104 Å². The van der Waals surface area contributed by atoms with Gasteiger partial charge in [0.1, 0.15) is 11.3 Å². The second kappa shape index (κ2) is 7.28.